The molecule has 1 aliphatic rings. The molecule has 0 amide bonds. The van der Waals surface area contributed by atoms with Crippen LogP contribution in [0.1, 0.15) is 50.9 Å². The van der Waals surface area contributed by atoms with Crippen LogP contribution < -0.4 is 5.32 Å². The van der Waals surface area contributed by atoms with E-state index in [0.717, 1.165) is 44.3 Å². The first-order chi connectivity index (χ1) is 8.22. The lowest BCUT2D eigenvalue weighted by molar-refractivity contribution is 0.160. The van der Waals surface area contributed by atoms with E-state index in [0.29, 0.717) is 12.0 Å². The van der Waals surface area contributed by atoms with Gasteiger partial charge in [0.2, 0.25) is 5.89 Å². The molecule has 5 nitrogen and oxygen atoms in total. The Morgan fingerprint density at radius 2 is 2.06 bits per heavy atom. The molecule has 1 aromatic heterocycles. The SMILES string of the molecule is CCC(c1noc(C(C)C)n1)N1CCNCC1. The van der Waals surface area contributed by atoms with E-state index in [-0.39, 0.29) is 0 Å². The maximum atomic E-state index is 5.30. The van der Waals surface area contributed by atoms with Gasteiger partial charge in [-0.15, -0.1) is 0 Å². The average molecular weight is 238 g/mol. The number of nitrogens with one attached hydrogen (secondary N) is 1. The molecule has 0 saturated carbocycles. The molecule has 96 valence electrons. The summed E-state index contributed by atoms with van der Waals surface area (Å²) in [6, 6.07) is 0.299. The van der Waals surface area contributed by atoms with Crippen LogP contribution in [0.2, 0.25) is 0 Å². The number of hydrogen-bond donors (Lipinski definition) is 1. The second-order valence-corrected chi connectivity index (χ2v) is 4.86. The molecule has 1 fully saturated rings. The minimum Gasteiger partial charge on any atom is -0.339 e. The monoisotopic (exact) mass is 238 g/mol. The Morgan fingerprint density at radius 1 is 1.35 bits per heavy atom. The van der Waals surface area contributed by atoms with Crippen molar-refractivity contribution in [2.75, 3.05) is 26.2 Å². The lowest BCUT2D eigenvalue weighted by atomic mass is 10.1. The van der Waals surface area contributed by atoms with Crippen molar-refractivity contribution in [2.24, 2.45) is 0 Å². The van der Waals surface area contributed by atoms with Crippen LogP contribution in [0.5, 0.6) is 0 Å². The number of hydrogen-bond acceptors (Lipinski definition) is 5. The molecule has 0 aliphatic carbocycles. The van der Waals surface area contributed by atoms with Crippen LogP contribution >= 0.6 is 0 Å². The van der Waals surface area contributed by atoms with Gasteiger partial charge in [-0.1, -0.05) is 25.9 Å². The summed E-state index contributed by atoms with van der Waals surface area (Å²) in [5.74, 6) is 1.89. The Bertz CT molecular complexity index is 344. The number of nitrogens with zero attached hydrogens (tertiary/aromatic N) is 3. The molecule has 1 unspecified atom stereocenters. The molecule has 5 heteroatoms. The topological polar surface area (TPSA) is 54.2 Å². The minimum absolute atomic E-state index is 0.299. The summed E-state index contributed by atoms with van der Waals surface area (Å²) in [5.41, 5.74) is 0. The molecule has 1 aromatic rings. The summed E-state index contributed by atoms with van der Waals surface area (Å²) in [5, 5.41) is 7.50. The highest BCUT2D eigenvalue weighted by atomic mass is 16.5. The standard InChI is InChI=1S/C12H22N4O/c1-4-10(16-7-5-13-6-8-16)11-14-12(9(2)3)17-15-11/h9-10,13H,4-8H2,1-3H3. The van der Waals surface area contributed by atoms with E-state index in [1.165, 1.54) is 0 Å². The molecule has 0 spiro atoms. The maximum Gasteiger partial charge on any atom is 0.229 e. The highest BCUT2D eigenvalue weighted by Gasteiger charge is 2.25. The zero-order valence-corrected chi connectivity index (χ0v) is 10.9. The number of piperazine rings is 1. The zero-order valence-electron chi connectivity index (χ0n) is 10.9. The molecule has 1 aliphatic heterocycles. The fourth-order valence-corrected chi connectivity index (χ4v) is 2.21. The van der Waals surface area contributed by atoms with E-state index in [9.17, 15) is 0 Å². The molecule has 17 heavy (non-hydrogen) atoms. The van der Waals surface area contributed by atoms with Gasteiger partial charge >= 0.3 is 0 Å². The van der Waals surface area contributed by atoms with E-state index >= 15 is 0 Å². The molecule has 0 bridgehead atoms. The van der Waals surface area contributed by atoms with Crippen molar-refractivity contribution >= 4 is 0 Å². The minimum atomic E-state index is 0.299. The lowest BCUT2D eigenvalue weighted by Crippen LogP contribution is -2.45. The molecule has 1 N–H and O–H groups in total. The largest absolute Gasteiger partial charge is 0.339 e. The van der Waals surface area contributed by atoms with Crippen LogP contribution in [-0.4, -0.2) is 41.2 Å². The normalized spacial score (nSPS) is 19.8. The predicted octanol–water partition coefficient (Wildman–Crippen LogP) is 1.55. The van der Waals surface area contributed by atoms with Gasteiger partial charge in [0.05, 0.1) is 6.04 Å². The van der Waals surface area contributed by atoms with Crippen molar-refractivity contribution in [3.63, 3.8) is 0 Å². The molecule has 2 heterocycles. The van der Waals surface area contributed by atoms with Crippen LogP contribution in [0, 0.1) is 0 Å². The zero-order chi connectivity index (χ0) is 12.3. The molecule has 0 aromatic carbocycles. The first-order valence-electron chi connectivity index (χ1n) is 6.50. The van der Waals surface area contributed by atoms with Crippen LogP contribution in [-0.2, 0) is 0 Å². The predicted molar refractivity (Wildman–Crippen MR) is 65.9 cm³/mol. The van der Waals surface area contributed by atoms with Crippen LogP contribution in [0.4, 0.5) is 0 Å². The van der Waals surface area contributed by atoms with E-state index < -0.39 is 0 Å². The van der Waals surface area contributed by atoms with E-state index in [4.69, 9.17) is 4.52 Å². The van der Waals surface area contributed by atoms with Gasteiger partial charge in [-0.05, 0) is 6.42 Å². The third-order valence-corrected chi connectivity index (χ3v) is 3.23. The summed E-state index contributed by atoms with van der Waals surface area (Å²) >= 11 is 0. The van der Waals surface area contributed by atoms with Gasteiger partial charge < -0.3 is 9.84 Å². The van der Waals surface area contributed by atoms with Gasteiger partial charge in [-0.2, -0.15) is 4.98 Å². The Kier molecular flexibility index (Phi) is 4.12. The first-order valence-corrected chi connectivity index (χ1v) is 6.50. The third-order valence-electron chi connectivity index (χ3n) is 3.23. The van der Waals surface area contributed by atoms with Crippen molar-refractivity contribution in [1.82, 2.24) is 20.4 Å². The molecular formula is C12H22N4O. The molecule has 2 rings (SSSR count). The second-order valence-electron chi connectivity index (χ2n) is 4.86. The van der Waals surface area contributed by atoms with Crippen LogP contribution in [0.25, 0.3) is 0 Å². The van der Waals surface area contributed by atoms with Crippen molar-refractivity contribution in [3.05, 3.63) is 11.7 Å². The van der Waals surface area contributed by atoms with Gasteiger partial charge in [0, 0.05) is 32.1 Å². The van der Waals surface area contributed by atoms with Crippen molar-refractivity contribution in [3.8, 4) is 0 Å². The fourth-order valence-electron chi connectivity index (χ4n) is 2.21. The fraction of sp³-hybridized carbons (Fsp3) is 0.833. The van der Waals surface area contributed by atoms with Gasteiger partial charge in [0.25, 0.3) is 0 Å². The summed E-state index contributed by atoms with van der Waals surface area (Å²) in [6.07, 6.45) is 1.02. The second kappa shape index (κ2) is 5.60. The van der Waals surface area contributed by atoms with Crippen molar-refractivity contribution in [1.29, 1.82) is 0 Å². The van der Waals surface area contributed by atoms with Crippen molar-refractivity contribution < 1.29 is 4.52 Å². The van der Waals surface area contributed by atoms with E-state index in [2.05, 4.69) is 41.1 Å². The summed E-state index contributed by atoms with van der Waals surface area (Å²) in [4.78, 5) is 6.95. The maximum absolute atomic E-state index is 5.30. The summed E-state index contributed by atoms with van der Waals surface area (Å²) in [7, 11) is 0. The van der Waals surface area contributed by atoms with Crippen molar-refractivity contribution in [2.45, 2.75) is 39.2 Å². The van der Waals surface area contributed by atoms with E-state index in [1.54, 1.807) is 0 Å². The van der Waals surface area contributed by atoms with E-state index in [1.807, 2.05) is 0 Å². The summed E-state index contributed by atoms with van der Waals surface area (Å²) in [6.45, 7) is 10.5. The van der Waals surface area contributed by atoms with Gasteiger partial charge in [-0.25, -0.2) is 0 Å². The highest BCUT2D eigenvalue weighted by Crippen LogP contribution is 2.23. The number of rotatable bonds is 4. The average Bonchev–Trinajstić information content (AvgIpc) is 2.81. The van der Waals surface area contributed by atoms with Gasteiger partial charge in [-0.3, -0.25) is 4.90 Å². The van der Waals surface area contributed by atoms with Gasteiger partial charge in [0.1, 0.15) is 0 Å². The smallest absolute Gasteiger partial charge is 0.229 e. The van der Waals surface area contributed by atoms with Crippen LogP contribution in [0.3, 0.4) is 0 Å². The summed E-state index contributed by atoms with van der Waals surface area (Å²) < 4.78 is 5.30. The highest BCUT2D eigenvalue weighted by molar-refractivity contribution is 4.97. The third kappa shape index (κ3) is 2.84. The Balaban J connectivity index is 2.10. The quantitative estimate of drug-likeness (QED) is 0.862. The Morgan fingerprint density at radius 3 is 2.59 bits per heavy atom. The number of aromatic nitrogens is 2. The Hall–Kier alpha value is -0.940. The van der Waals surface area contributed by atoms with Gasteiger partial charge in [0.15, 0.2) is 5.82 Å². The molecule has 1 atom stereocenters. The lowest BCUT2D eigenvalue weighted by Gasteiger charge is -2.32. The molecule has 0 radical (unpaired) electrons. The Labute approximate surface area is 103 Å². The van der Waals surface area contributed by atoms with Crippen LogP contribution in [0.15, 0.2) is 4.52 Å². The molecule has 1 saturated heterocycles. The first kappa shape index (κ1) is 12.5. The molecular weight excluding hydrogens is 216 g/mol.